The summed E-state index contributed by atoms with van der Waals surface area (Å²) < 4.78 is 5.63. The van der Waals surface area contributed by atoms with E-state index in [1.165, 1.54) is 78.1 Å². The summed E-state index contributed by atoms with van der Waals surface area (Å²) in [5, 5.41) is 10.7. The number of thiophene rings is 1. The molecule has 2 aromatic heterocycles. The van der Waals surface area contributed by atoms with Gasteiger partial charge in [-0.15, -0.1) is 0 Å². The third kappa shape index (κ3) is 3.67. The summed E-state index contributed by atoms with van der Waals surface area (Å²) >= 11 is 2.19. The number of hydrogen-bond donors (Lipinski definition) is 0. The number of fused-ring (bicyclic) bond motifs is 9. The Morgan fingerprint density at radius 3 is 1.95 bits per heavy atom. The predicted octanol–water partition coefficient (Wildman–Crippen LogP) is 11.2. The third-order valence-corrected chi connectivity index (χ3v) is 11.9. The minimum atomic E-state index is 0.304. The summed E-state index contributed by atoms with van der Waals surface area (Å²) in [6, 6.07) is 51.6. The molecule has 0 aliphatic rings. The molecule has 0 aliphatic heterocycles. The summed E-state index contributed by atoms with van der Waals surface area (Å²) in [7, 11) is 0. The van der Waals surface area contributed by atoms with Gasteiger partial charge in [-0.05, 0) is 0 Å². The Labute approximate surface area is 247 Å². The Bertz CT molecular complexity index is 2410. The first kappa shape index (κ1) is 23.3. The van der Waals surface area contributed by atoms with Crippen molar-refractivity contribution in [3.8, 4) is 0 Å². The van der Waals surface area contributed by atoms with Crippen molar-refractivity contribution in [2.45, 2.75) is 0 Å². The summed E-state index contributed by atoms with van der Waals surface area (Å²) in [5.41, 5.74) is 3.54. The quantitative estimate of drug-likeness (QED) is 0.181. The van der Waals surface area contributed by atoms with Crippen LogP contribution in [0, 0.1) is 0 Å². The van der Waals surface area contributed by atoms with Gasteiger partial charge in [0.05, 0.1) is 0 Å². The van der Waals surface area contributed by atoms with Gasteiger partial charge in [0.2, 0.25) is 0 Å². The van der Waals surface area contributed by atoms with Crippen LogP contribution in [0.15, 0.2) is 140 Å². The third-order valence-electron chi connectivity index (χ3n) is 8.20. The molecule has 192 valence electrons. The molecule has 1 nitrogen and oxygen atoms in total. The van der Waals surface area contributed by atoms with Crippen LogP contribution in [0.5, 0.6) is 0 Å². The van der Waals surface area contributed by atoms with E-state index >= 15 is 0 Å². The average Bonchev–Trinajstić information content (AvgIpc) is 3.58. The number of benzene rings is 7. The predicted molar refractivity (Wildman–Crippen MR) is 181 cm³/mol. The summed E-state index contributed by atoms with van der Waals surface area (Å²) in [5.74, 6) is 0. The fourth-order valence-electron chi connectivity index (χ4n) is 6.25. The number of anilines is 3. The Kier molecular flexibility index (Phi) is 5.15. The van der Waals surface area contributed by atoms with E-state index in [9.17, 15) is 0 Å². The van der Waals surface area contributed by atoms with Crippen LogP contribution in [-0.4, -0.2) is 14.5 Å². The second-order valence-electron chi connectivity index (χ2n) is 10.6. The van der Waals surface area contributed by atoms with Crippen molar-refractivity contribution in [1.82, 2.24) is 0 Å². The number of hydrogen-bond acceptors (Lipinski definition) is 2. The second-order valence-corrected chi connectivity index (χ2v) is 13.9. The van der Waals surface area contributed by atoms with E-state index in [2.05, 4.69) is 144 Å². The minimum absolute atomic E-state index is 0.304. The molecule has 0 radical (unpaired) electrons. The first-order valence-corrected chi connectivity index (χ1v) is 16.4. The van der Waals surface area contributed by atoms with E-state index < -0.39 is 0 Å². The van der Waals surface area contributed by atoms with Crippen LogP contribution in [0.3, 0.4) is 0 Å². The molecular weight excluding hydrogens is 581 g/mol. The van der Waals surface area contributed by atoms with Crippen molar-refractivity contribution in [3.63, 3.8) is 0 Å². The zero-order chi connectivity index (χ0) is 26.9. The SMILES string of the molecule is c1ccc(N(c2ccc3sc4cc5ccccc5cc4c3c2)c2ccc3[se]c4c5ccccc5ccc4c3c2)cc1. The molecule has 7 aromatic carbocycles. The molecule has 0 saturated heterocycles. The molecule has 0 bridgehead atoms. The second kappa shape index (κ2) is 9.06. The standard InChI is InChI=1S/C38H23NSSe/c1-2-11-27(12-3-1)39(28-15-18-35-33(22-28)32-20-25-9-4-5-10-26(25)21-36(32)40-35)29-16-19-37-34(23-29)31-17-14-24-8-6-7-13-30(24)38(31)41-37/h1-23H. The van der Waals surface area contributed by atoms with E-state index in [4.69, 9.17) is 0 Å². The molecule has 0 saturated carbocycles. The van der Waals surface area contributed by atoms with Crippen LogP contribution in [0.25, 0.3) is 61.0 Å². The number of rotatable bonds is 3. The van der Waals surface area contributed by atoms with Gasteiger partial charge in [0.1, 0.15) is 0 Å². The molecule has 0 amide bonds. The Morgan fingerprint density at radius 2 is 1.10 bits per heavy atom. The van der Waals surface area contributed by atoms with Gasteiger partial charge in [-0.25, -0.2) is 0 Å². The summed E-state index contributed by atoms with van der Waals surface area (Å²) in [6.45, 7) is 0. The van der Waals surface area contributed by atoms with Crippen LogP contribution in [0.4, 0.5) is 17.1 Å². The first-order chi connectivity index (χ1) is 20.3. The van der Waals surface area contributed by atoms with Crippen LogP contribution in [0.2, 0.25) is 0 Å². The molecule has 3 heteroatoms. The fourth-order valence-corrected chi connectivity index (χ4v) is 9.92. The van der Waals surface area contributed by atoms with Crippen LogP contribution in [-0.2, 0) is 0 Å². The molecule has 0 spiro atoms. The van der Waals surface area contributed by atoms with Crippen molar-refractivity contribution in [2.75, 3.05) is 4.90 Å². The average molecular weight is 605 g/mol. The van der Waals surface area contributed by atoms with Crippen molar-refractivity contribution in [2.24, 2.45) is 0 Å². The summed E-state index contributed by atoms with van der Waals surface area (Å²) in [6.07, 6.45) is 0. The molecule has 41 heavy (non-hydrogen) atoms. The molecule has 0 aliphatic carbocycles. The van der Waals surface area contributed by atoms with Gasteiger partial charge in [-0.2, -0.15) is 0 Å². The molecule has 0 atom stereocenters. The molecule has 0 fully saturated rings. The normalized spacial score (nSPS) is 11.9. The van der Waals surface area contributed by atoms with E-state index in [0.29, 0.717) is 14.5 Å². The number of nitrogens with zero attached hydrogens (tertiary/aromatic N) is 1. The van der Waals surface area contributed by atoms with Gasteiger partial charge in [0, 0.05) is 0 Å². The molecule has 0 N–H and O–H groups in total. The maximum absolute atomic E-state index is 2.41. The van der Waals surface area contributed by atoms with Gasteiger partial charge in [0.15, 0.2) is 0 Å². The van der Waals surface area contributed by atoms with E-state index in [0.717, 1.165) is 0 Å². The van der Waals surface area contributed by atoms with Crippen LogP contribution in [0.1, 0.15) is 0 Å². The zero-order valence-corrected chi connectivity index (χ0v) is 24.6. The molecule has 9 rings (SSSR count). The first-order valence-electron chi connectivity index (χ1n) is 13.8. The van der Waals surface area contributed by atoms with Gasteiger partial charge in [-0.3, -0.25) is 0 Å². The number of para-hydroxylation sites is 1. The zero-order valence-electron chi connectivity index (χ0n) is 22.0. The van der Waals surface area contributed by atoms with Crippen molar-refractivity contribution >= 4 is 104 Å². The summed E-state index contributed by atoms with van der Waals surface area (Å²) in [4.78, 5) is 2.41. The monoisotopic (exact) mass is 605 g/mol. The maximum atomic E-state index is 2.41. The fraction of sp³-hybridized carbons (Fsp3) is 0. The van der Waals surface area contributed by atoms with Gasteiger partial charge >= 0.3 is 230 Å². The van der Waals surface area contributed by atoms with Crippen molar-refractivity contribution in [1.29, 1.82) is 0 Å². The van der Waals surface area contributed by atoms with Crippen LogP contribution < -0.4 is 4.90 Å². The van der Waals surface area contributed by atoms with Gasteiger partial charge < -0.3 is 0 Å². The molecular formula is C38H23NSSe. The van der Waals surface area contributed by atoms with E-state index in [1.54, 1.807) is 0 Å². The molecule has 2 heterocycles. The molecule has 9 aromatic rings. The molecule has 0 unspecified atom stereocenters. The van der Waals surface area contributed by atoms with Crippen molar-refractivity contribution in [3.05, 3.63) is 140 Å². The van der Waals surface area contributed by atoms with Crippen LogP contribution >= 0.6 is 11.3 Å². The van der Waals surface area contributed by atoms with Crippen molar-refractivity contribution < 1.29 is 0 Å². The van der Waals surface area contributed by atoms with Gasteiger partial charge in [-0.1, -0.05) is 18.2 Å². The Morgan fingerprint density at radius 1 is 0.415 bits per heavy atom. The topological polar surface area (TPSA) is 3.24 Å². The van der Waals surface area contributed by atoms with E-state index in [-0.39, 0.29) is 0 Å². The Hall–Kier alpha value is -4.40. The Balaban J connectivity index is 1.27. The van der Waals surface area contributed by atoms with Gasteiger partial charge in [0.25, 0.3) is 0 Å². The van der Waals surface area contributed by atoms with E-state index in [1.807, 2.05) is 11.3 Å².